The first-order chi connectivity index (χ1) is 9.61. The summed E-state index contributed by atoms with van der Waals surface area (Å²) in [6.07, 6.45) is 2.48. The van der Waals surface area contributed by atoms with Crippen LogP contribution in [-0.4, -0.2) is 47.8 Å². The molecular weight excluding hydrogens is 258 g/mol. The number of hydrogen-bond acceptors (Lipinski definition) is 4. The van der Waals surface area contributed by atoms with Gasteiger partial charge in [0.05, 0.1) is 19.6 Å². The van der Waals surface area contributed by atoms with Gasteiger partial charge in [-0.3, -0.25) is 9.59 Å². The minimum absolute atomic E-state index is 0.0354. The summed E-state index contributed by atoms with van der Waals surface area (Å²) < 4.78 is 5.69. The van der Waals surface area contributed by atoms with Crippen molar-refractivity contribution in [3.05, 3.63) is 23.7 Å². The number of amides is 2. The van der Waals surface area contributed by atoms with Crippen molar-refractivity contribution in [3.8, 4) is 0 Å². The van der Waals surface area contributed by atoms with E-state index in [4.69, 9.17) is 4.42 Å². The van der Waals surface area contributed by atoms with Crippen LogP contribution in [-0.2, 0) is 22.7 Å². The molecule has 6 heteroatoms. The number of nitrogens with zero attached hydrogens (tertiary/aromatic N) is 2. The highest BCUT2D eigenvalue weighted by atomic mass is 16.3. The molecule has 108 valence electrons. The van der Waals surface area contributed by atoms with Crippen LogP contribution >= 0.6 is 0 Å². The summed E-state index contributed by atoms with van der Waals surface area (Å²) >= 11 is 0. The molecule has 2 amide bonds. The predicted octanol–water partition coefficient (Wildman–Crippen LogP) is 0.332. The molecule has 0 atom stereocenters. The Labute approximate surface area is 117 Å². The zero-order chi connectivity index (χ0) is 14.1. The lowest BCUT2D eigenvalue weighted by Crippen LogP contribution is -2.51. The number of hydrogen-bond donors (Lipinski definition) is 1. The van der Waals surface area contributed by atoms with E-state index in [9.17, 15) is 9.59 Å². The van der Waals surface area contributed by atoms with Crippen molar-refractivity contribution in [1.29, 1.82) is 0 Å². The summed E-state index contributed by atoms with van der Waals surface area (Å²) in [5, 5.41) is 3.38. The molecule has 2 aliphatic rings. The van der Waals surface area contributed by atoms with Crippen LogP contribution in [0.15, 0.2) is 16.5 Å². The summed E-state index contributed by atoms with van der Waals surface area (Å²) in [6.45, 7) is 1.36. The van der Waals surface area contributed by atoms with Crippen LogP contribution in [0, 0.1) is 0 Å². The van der Waals surface area contributed by atoms with Crippen LogP contribution in [0.2, 0.25) is 0 Å². The van der Waals surface area contributed by atoms with Crippen molar-refractivity contribution in [1.82, 2.24) is 15.1 Å². The lowest BCUT2D eigenvalue weighted by molar-refractivity contribution is -0.149. The minimum Gasteiger partial charge on any atom is -0.463 e. The first-order valence-electron chi connectivity index (χ1n) is 6.94. The molecule has 2 fully saturated rings. The fourth-order valence-corrected chi connectivity index (χ4v) is 2.23. The Bertz CT molecular complexity index is 521. The third-order valence-electron chi connectivity index (χ3n) is 3.68. The smallest absolute Gasteiger partial charge is 0.243 e. The quantitative estimate of drug-likeness (QED) is 0.842. The molecule has 1 N–H and O–H groups in total. The fourth-order valence-electron chi connectivity index (χ4n) is 2.23. The Kier molecular flexibility index (Phi) is 3.48. The van der Waals surface area contributed by atoms with Gasteiger partial charge in [0.25, 0.3) is 0 Å². The first-order valence-corrected chi connectivity index (χ1v) is 6.94. The molecule has 20 heavy (non-hydrogen) atoms. The minimum atomic E-state index is -0.0406. The summed E-state index contributed by atoms with van der Waals surface area (Å²) in [5.74, 6) is 1.52. The lowest BCUT2D eigenvalue weighted by Gasteiger charge is -2.30. The SMILES string of the molecule is CN1CC(=O)N(Cc2ccc(CNC3CC3)o2)CC1=O. The van der Waals surface area contributed by atoms with E-state index in [1.165, 1.54) is 17.7 Å². The molecular formula is C14H19N3O3. The third-order valence-corrected chi connectivity index (χ3v) is 3.68. The Hall–Kier alpha value is -1.82. The van der Waals surface area contributed by atoms with Crippen LogP contribution in [0.5, 0.6) is 0 Å². The van der Waals surface area contributed by atoms with Crippen molar-refractivity contribution in [2.75, 3.05) is 20.1 Å². The van der Waals surface area contributed by atoms with E-state index >= 15 is 0 Å². The van der Waals surface area contributed by atoms with Gasteiger partial charge in [0, 0.05) is 13.1 Å². The molecule has 1 saturated heterocycles. The Morgan fingerprint density at radius 2 is 1.95 bits per heavy atom. The van der Waals surface area contributed by atoms with E-state index in [0.29, 0.717) is 12.6 Å². The zero-order valence-electron chi connectivity index (χ0n) is 11.6. The van der Waals surface area contributed by atoms with Gasteiger partial charge in [0.2, 0.25) is 11.8 Å². The predicted molar refractivity (Wildman–Crippen MR) is 71.6 cm³/mol. The maximum Gasteiger partial charge on any atom is 0.243 e. The molecule has 0 spiro atoms. The second-order valence-corrected chi connectivity index (χ2v) is 5.52. The summed E-state index contributed by atoms with van der Waals surface area (Å²) in [5.41, 5.74) is 0. The van der Waals surface area contributed by atoms with Crippen molar-refractivity contribution in [2.24, 2.45) is 0 Å². The van der Waals surface area contributed by atoms with Gasteiger partial charge >= 0.3 is 0 Å². The third kappa shape index (κ3) is 3.01. The Morgan fingerprint density at radius 3 is 2.70 bits per heavy atom. The normalized spacial score (nSPS) is 19.9. The summed E-state index contributed by atoms with van der Waals surface area (Å²) in [4.78, 5) is 26.5. The van der Waals surface area contributed by atoms with Gasteiger partial charge < -0.3 is 19.5 Å². The van der Waals surface area contributed by atoms with Crippen molar-refractivity contribution < 1.29 is 14.0 Å². The van der Waals surface area contributed by atoms with Crippen molar-refractivity contribution >= 4 is 11.8 Å². The van der Waals surface area contributed by atoms with Gasteiger partial charge in [-0.05, 0) is 25.0 Å². The summed E-state index contributed by atoms with van der Waals surface area (Å²) in [7, 11) is 1.64. The highest BCUT2D eigenvalue weighted by Gasteiger charge is 2.28. The molecule has 0 unspecified atom stereocenters. The topological polar surface area (TPSA) is 65.8 Å². The maximum absolute atomic E-state index is 11.9. The highest BCUT2D eigenvalue weighted by Crippen LogP contribution is 2.20. The van der Waals surface area contributed by atoms with Gasteiger partial charge in [-0.15, -0.1) is 0 Å². The monoisotopic (exact) mass is 277 g/mol. The molecule has 0 bridgehead atoms. The number of furan rings is 1. The van der Waals surface area contributed by atoms with E-state index in [0.717, 1.165) is 18.1 Å². The number of rotatable bonds is 5. The molecule has 6 nitrogen and oxygen atoms in total. The number of likely N-dealkylation sites (N-methyl/N-ethyl adjacent to an activating group) is 1. The number of carbonyl (C=O) groups is 2. The molecule has 1 aromatic heterocycles. The number of nitrogens with one attached hydrogen (secondary N) is 1. The molecule has 1 aromatic rings. The van der Waals surface area contributed by atoms with Crippen molar-refractivity contribution in [3.63, 3.8) is 0 Å². The largest absolute Gasteiger partial charge is 0.463 e. The first kappa shape index (κ1) is 13.2. The van der Waals surface area contributed by atoms with Crippen LogP contribution in [0.3, 0.4) is 0 Å². The fraction of sp³-hybridized carbons (Fsp3) is 0.571. The van der Waals surface area contributed by atoms with Crippen LogP contribution in [0.25, 0.3) is 0 Å². The highest BCUT2D eigenvalue weighted by molar-refractivity contribution is 5.92. The van der Waals surface area contributed by atoms with Crippen LogP contribution in [0.4, 0.5) is 0 Å². The van der Waals surface area contributed by atoms with Gasteiger partial charge in [-0.25, -0.2) is 0 Å². The van der Waals surface area contributed by atoms with E-state index < -0.39 is 0 Å². The lowest BCUT2D eigenvalue weighted by atomic mass is 10.3. The number of piperazine rings is 1. The molecule has 0 aromatic carbocycles. The molecule has 1 saturated carbocycles. The molecule has 1 aliphatic heterocycles. The second-order valence-electron chi connectivity index (χ2n) is 5.52. The van der Waals surface area contributed by atoms with Gasteiger partial charge in [0.15, 0.2) is 0 Å². The van der Waals surface area contributed by atoms with E-state index in [2.05, 4.69) is 5.32 Å². The van der Waals surface area contributed by atoms with Gasteiger partial charge in [0.1, 0.15) is 18.1 Å². The molecule has 3 rings (SSSR count). The van der Waals surface area contributed by atoms with E-state index in [1.54, 1.807) is 11.9 Å². The second kappa shape index (κ2) is 5.28. The maximum atomic E-state index is 11.9. The zero-order valence-corrected chi connectivity index (χ0v) is 11.6. The molecule has 1 aliphatic carbocycles. The summed E-state index contributed by atoms with van der Waals surface area (Å²) in [6, 6.07) is 4.44. The van der Waals surface area contributed by atoms with Gasteiger partial charge in [-0.1, -0.05) is 0 Å². The van der Waals surface area contributed by atoms with Gasteiger partial charge in [-0.2, -0.15) is 0 Å². The molecule has 2 heterocycles. The molecule has 0 radical (unpaired) electrons. The number of carbonyl (C=O) groups excluding carboxylic acids is 2. The van der Waals surface area contributed by atoms with Crippen LogP contribution < -0.4 is 5.32 Å². The Morgan fingerprint density at radius 1 is 1.20 bits per heavy atom. The average molecular weight is 277 g/mol. The Balaban J connectivity index is 1.56. The van der Waals surface area contributed by atoms with E-state index in [-0.39, 0.29) is 24.9 Å². The average Bonchev–Trinajstić information content (AvgIpc) is 3.14. The van der Waals surface area contributed by atoms with Crippen LogP contribution in [0.1, 0.15) is 24.4 Å². The van der Waals surface area contributed by atoms with Crippen molar-refractivity contribution in [2.45, 2.75) is 32.0 Å². The standard InChI is InChI=1S/C14H19N3O3/c1-16-8-14(19)17(9-13(16)18)7-12-5-4-11(20-12)6-15-10-2-3-10/h4-5,10,15H,2-3,6-9H2,1H3. The van der Waals surface area contributed by atoms with E-state index in [1.807, 2.05) is 12.1 Å².